The van der Waals surface area contributed by atoms with Gasteiger partial charge in [0.15, 0.2) is 0 Å². The van der Waals surface area contributed by atoms with E-state index in [2.05, 4.69) is 0 Å². The van der Waals surface area contributed by atoms with Crippen molar-refractivity contribution in [3.05, 3.63) is 0 Å². The first-order valence-electron chi connectivity index (χ1n) is 2.76. The third-order valence-electron chi connectivity index (χ3n) is 1.40. The van der Waals surface area contributed by atoms with Gasteiger partial charge in [0.1, 0.15) is 6.17 Å². The van der Waals surface area contributed by atoms with Crippen molar-refractivity contribution in [2.45, 2.75) is 6.17 Å². The van der Waals surface area contributed by atoms with Crippen molar-refractivity contribution in [1.82, 2.24) is 0 Å². The Morgan fingerprint density at radius 3 is 2.50 bits per heavy atom. The molecule has 0 aromatic carbocycles. The first-order valence-corrected chi connectivity index (χ1v) is 3.92. The smallest absolute Gasteiger partial charge is 0.117 e. The van der Waals surface area contributed by atoms with Crippen LogP contribution in [0.15, 0.2) is 0 Å². The summed E-state index contributed by atoms with van der Waals surface area (Å²) in [6.45, 7) is 0.200. The fourth-order valence-electron chi connectivity index (χ4n) is 0.655. The molecule has 1 heterocycles. The van der Waals surface area contributed by atoms with Crippen LogP contribution in [0.4, 0.5) is 4.39 Å². The molecule has 2 N–H and O–H groups in total. The highest BCUT2D eigenvalue weighted by Crippen LogP contribution is 2.28. The van der Waals surface area contributed by atoms with E-state index < -0.39 is 6.17 Å². The standard InChI is InChI=1S/C5H10FNS/c6-5(1-7)4-2-8-3-4/h4-5H,1-3,7H2. The molecule has 1 unspecified atom stereocenters. The summed E-state index contributed by atoms with van der Waals surface area (Å²) in [4.78, 5) is 0. The Bertz CT molecular complexity index is 72.1. The van der Waals surface area contributed by atoms with Gasteiger partial charge in [-0.05, 0) is 11.5 Å². The molecule has 0 amide bonds. The van der Waals surface area contributed by atoms with Gasteiger partial charge in [-0.2, -0.15) is 11.8 Å². The van der Waals surface area contributed by atoms with E-state index in [0.29, 0.717) is 0 Å². The maximum absolute atomic E-state index is 12.4. The lowest BCUT2D eigenvalue weighted by Crippen LogP contribution is -2.33. The Kier molecular flexibility index (Phi) is 2.14. The highest BCUT2D eigenvalue weighted by molar-refractivity contribution is 8.00. The second kappa shape index (κ2) is 2.69. The van der Waals surface area contributed by atoms with Gasteiger partial charge >= 0.3 is 0 Å². The van der Waals surface area contributed by atoms with E-state index in [1.165, 1.54) is 0 Å². The highest BCUT2D eigenvalue weighted by atomic mass is 32.2. The molecule has 1 nitrogen and oxygen atoms in total. The fourth-order valence-corrected chi connectivity index (χ4v) is 1.58. The third kappa shape index (κ3) is 1.14. The van der Waals surface area contributed by atoms with E-state index in [9.17, 15) is 4.39 Å². The maximum Gasteiger partial charge on any atom is 0.117 e. The van der Waals surface area contributed by atoms with Crippen molar-refractivity contribution in [1.29, 1.82) is 0 Å². The normalized spacial score (nSPS) is 24.8. The number of hydrogen-bond donors (Lipinski definition) is 1. The molecule has 3 heteroatoms. The van der Waals surface area contributed by atoms with E-state index in [4.69, 9.17) is 5.73 Å². The molecule has 48 valence electrons. The van der Waals surface area contributed by atoms with E-state index in [0.717, 1.165) is 11.5 Å². The lowest BCUT2D eigenvalue weighted by Gasteiger charge is -2.26. The number of thioether (sulfide) groups is 1. The molecular weight excluding hydrogens is 125 g/mol. The van der Waals surface area contributed by atoms with Crippen molar-refractivity contribution in [2.75, 3.05) is 18.1 Å². The van der Waals surface area contributed by atoms with Crippen LogP contribution in [0.1, 0.15) is 0 Å². The van der Waals surface area contributed by atoms with Gasteiger partial charge in [-0.3, -0.25) is 0 Å². The van der Waals surface area contributed by atoms with E-state index in [1.54, 1.807) is 11.8 Å². The zero-order chi connectivity index (χ0) is 5.98. The Hall–Kier alpha value is 0.240. The van der Waals surface area contributed by atoms with Crippen LogP contribution in [0.3, 0.4) is 0 Å². The average Bonchev–Trinajstić information content (AvgIpc) is 1.62. The van der Waals surface area contributed by atoms with Crippen molar-refractivity contribution >= 4 is 11.8 Å². The number of alkyl halides is 1. The van der Waals surface area contributed by atoms with Gasteiger partial charge in [0.05, 0.1) is 0 Å². The lowest BCUT2D eigenvalue weighted by molar-refractivity contribution is 0.262. The first-order chi connectivity index (χ1) is 3.84. The molecule has 1 saturated heterocycles. The van der Waals surface area contributed by atoms with Gasteiger partial charge in [-0.15, -0.1) is 0 Å². The summed E-state index contributed by atoms with van der Waals surface area (Å²) in [6, 6.07) is 0. The molecular formula is C5H10FNS. The largest absolute Gasteiger partial charge is 0.328 e. The lowest BCUT2D eigenvalue weighted by atomic mass is 10.1. The minimum absolute atomic E-state index is 0.200. The average molecular weight is 135 g/mol. The van der Waals surface area contributed by atoms with Crippen LogP contribution in [0.2, 0.25) is 0 Å². The Morgan fingerprint density at radius 1 is 1.75 bits per heavy atom. The number of rotatable bonds is 2. The summed E-state index contributed by atoms with van der Waals surface area (Å²) in [6.07, 6.45) is -0.740. The Balaban J connectivity index is 2.13. The minimum Gasteiger partial charge on any atom is -0.328 e. The molecule has 8 heavy (non-hydrogen) atoms. The zero-order valence-electron chi connectivity index (χ0n) is 4.64. The van der Waals surface area contributed by atoms with Crippen molar-refractivity contribution in [2.24, 2.45) is 11.7 Å². The van der Waals surface area contributed by atoms with Gasteiger partial charge in [0, 0.05) is 12.5 Å². The van der Waals surface area contributed by atoms with Crippen LogP contribution in [-0.2, 0) is 0 Å². The molecule has 0 aromatic heterocycles. The SMILES string of the molecule is NCC(F)C1CSC1. The van der Waals surface area contributed by atoms with Crippen LogP contribution in [-0.4, -0.2) is 24.2 Å². The van der Waals surface area contributed by atoms with Crippen LogP contribution >= 0.6 is 11.8 Å². The van der Waals surface area contributed by atoms with Gasteiger partial charge < -0.3 is 5.73 Å². The molecule has 0 bridgehead atoms. The molecule has 0 aliphatic carbocycles. The molecule has 0 aromatic rings. The monoisotopic (exact) mass is 135 g/mol. The predicted molar refractivity (Wildman–Crippen MR) is 34.8 cm³/mol. The summed E-state index contributed by atoms with van der Waals surface area (Å²) in [5.41, 5.74) is 5.10. The summed E-state index contributed by atoms with van der Waals surface area (Å²) in [7, 11) is 0. The summed E-state index contributed by atoms with van der Waals surface area (Å²) in [5, 5.41) is 0. The van der Waals surface area contributed by atoms with Gasteiger partial charge in [-0.25, -0.2) is 4.39 Å². The third-order valence-corrected chi connectivity index (χ3v) is 2.73. The predicted octanol–water partition coefficient (Wildman–Crippen LogP) is 0.646. The van der Waals surface area contributed by atoms with Gasteiger partial charge in [0.25, 0.3) is 0 Å². The molecule has 0 saturated carbocycles. The maximum atomic E-state index is 12.4. The molecule has 0 radical (unpaired) electrons. The van der Waals surface area contributed by atoms with Crippen molar-refractivity contribution in [3.8, 4) is 0 Å². The van der Waals surface area contributed by atoms with Gasteiger partial charge in [-0.1, -0.05) is 0 Å². The molecule has 1 rings (SSSR count). The molecule has 1 aliphatic rings. The number of nitrogens with two attached hydrogens (primary N) is 1. The minimum atomic E-state index is -0.740. The Morgan fingerprint density at radius 2 is 2.38 bits per heavy atom. The van der Waals surface area contributed by atoms with Crippen LogP contribution in [0, 0.1) is 5.92 Å². The molecule has 1 fully saturated rings. The summed E-state index contributed by atoms with van der Waals surface area (Å²) >= 11 is 1.79. The summed E-state index contributed by atoms with van der Waals surface area (Å²) < 4.78 is 12.4. The van der Waals surface area contributed by atoms with Crippen molar-refractivity contribution < 1.29 is 4.39 Å². The second-order valence-corrected chi connectivity index (χ2v) is 3.12. The number of halogens is 1. The number of hydrogen-bond acceptors (Lipinski definition) is 2. The van der Waals surface area contributed by atoms with E-state index in [1.807, 2.05) is 0 Å². The van der Waals surface area contributed by atoms with Crippen LogP contribution in [0.25, 0.3) is 0 Å². The van der Waals surface area contributed by atoms with Crippen LogP contribution in [0.5, 0.6) is 0 Å². The Labute approximate surface area is 52.8 Å². The van der Waals surface area contributed by atoms with E-state index in [-0.39, 0.29) is 12.5 Å². The second-order valence-electron chi connectivity index (χ2n) is 2.05. The molecule has 1 atom stereocenters. The molecule has 1 aliphatic heterocycles. The quantitative estimate of drug-likeness (QED) is 0.601. The van der Waals surface area contributed by atoms with Crippen LogP contribution < -0.4 is 5.73 Å². The van der Waals surface area contributed by atoms with Gasteiger partial charge in [0.2, 0.25) is 0 Å². The topological polar surface area (TPSA) is 26.0 Å². The highest BCUT2D eigenvalue weighted by Gasteiger charge is 2.26. The fraction of sp³-hybridized carbons (Fsp3) is 1.00. The van der Waals surface area contributed by atoms with E-state index >= 15 is 0 Å². The van der Waals surface area contributed by atoms with Crippen molar-refractivity contribution in [3.63, 3.8) is 0 Å². The summed E-state index contributed by atoms with van der Waals surface area (Å²) in [5.74, 6) is 2.21. The molecule has 0 spiro atoms. The zero-order valence-corrected chi connectivity index (χ0v) is 5.46. The first kappa shape index (κ1) is 6.36.